The molecule has 2 N–H and O–H groups in total. The van der Waals surface area contributed by atoms with Crippen molar-refractivity contribution < 1.29 is 22.4 Å². The van der Waals surface area contributed by atoms with Crippen molar-refractivity contribution in [1.29, 1.82) is 0 Å². The number of anilines is 2. The lowest BCUT2D eigenvalue weighted by molar-refractivity contribution is -0.114. The van der Waals surface area contributed by atoms with Gasteiger partial charge in [0.25, 0.3) is 15.9 Å². The van der Waals surface area contributed by atoms with Crippen LogP contribution in [0.3, 0.4) is 0 Å². The van der Waals surface area contributed by atoms with E-state index in [1.54, 1.807) is 36.4 Å². The monoisotopic (exact) mass is 497 g/mol. The average molecular weight is 498 g/mol. The van der Waals surface area contributed by atoms with Crippen LogP contribution in [-0.4, -0.2) is 32.8 Å². The van der Waals surface area contributed by atoms with Crippen LogP contribution in [0.5, 0.6) is 0 Å². The maximum Gasteiger partial charge on any atom is 0.264 e. The lowest BCUT2D eigenvalue weighted by Gasteiger charge is -2.24. The molecule has 0 aliphatic heterocycles. The van der Waals surface area contributed by atoms with Gasteiger partial charge in [0.2, 0.25) is 5.91 Å². The third-order valence-electron chi connectivity index (χ3n) is 5.45. The highest BCUT2D eigenvalue weighted by molar-refractivity contribution is 7.92. The van der Waals surface area contributed by atoms with E-state index in [4.69, 9.17) is 0 Å². The number of sulfonamides is 1. The van der Waals surface area contributed by atoms with Crippen molar-refractivity contribution in [3.8, 4) is 0 Å². The smallest absolute Gasteiger partial charge is 0.264 e. The van der Waals surface area contributed by atoms with Gasteiger partial charge < -0.3 is 10.6 Å². The van der Waals surface area contributed by atoms with Crippen molar-refractivity contribution in [3.05, 3.63) is 89.7 Å². The lowest BCUT2D eigenvalue weighted by Crippen LogP contribution is -2.38. The number of carbonyl (C=O) groups excluding carboxylic acids is 2. The number of benzene rings is 3. The first-order valence-corrected chi connectivity index (χ1v) is 12.6. The molecule has 1 atom stereocenters. The van der Waals surface area contributed by atoms with Gasteiger partial charge >= 0.3 is 0 Å². The van der Waals surface area contributed by atoms with Gasteiger partial charge in [-0.3, -0.25) is 13.9 Å². The van der Waals surface area contributed by atoms with E-state index in [1.807, 2.05) is 20.8 Å². The molecule has 0 unspecified atom stereocenters. The van der Waals surface area contributed by atoms with Gasteiger partial charge in [-0.2, -0.15) is 0 Å². The van der Waals surface area contributed by atoms with Gasteiger partial charge in [0.15, 0.2) is 0 Å². The quantitative estimate of drug-likeness (QED) is 0.455. The molecule has 35 heavy (non-hydrogen) atoms. The summed E-state index contributed by atoms with van der Waals surface area (Å²) in [6.45, 7) is 5.06. The van der Waals surface area contributed by atoms with Crippen molar-refractivity contribution in [1.82, 2.24) is 5.32 Å². The molecule has 0 bridgehead atoms. The first-order chi connectivity index (χ1) is 16.6. The summed E-state index contributed by atoms with van der Waals surface area (Å²) in [5, 5.41) is 5.50. The fourth-order valence-corrected chi connectivity index (χ4v) is 4.69. The molecule has 7 nitrogen and oxygen atoms in total. The number of para-hydroxylation sites is 1. The van der Waals surface area contributed by atoms with E-state index in [0.29, 0.717) is 0 Å². The first kappa shape index (κ1) is 25.9. The Morgan fingerprint density at radius 2 is 1.60 bits per heavy atom. The zero-order valence-corrected chi connectivity index (χ0v) is 20.6. The van der Waals surface area contributed by atoms with Crippen LogP contribution < -0.4 is 14.9 Å². The molecule has 3 rings (SSSR count). The number of hydrogen-bond acceptors (Lipinski definition) is 4. The van der Waals surface area contributed by atoms with E-state index in [0.717, 1.165) is 28.4 Å². The van der Waals surface area contributed by atoms with Crippen LogP contribution in [0.4, 0.5) is 15.8 Å². The van der Waals surface area contributed by atoms with E-state index >= 15 is 0 Å². The van der Waals surface area contributed by atoms with Gasteiger partial charge in [-0.1, -0.05) is 36.8 Å². The number of halogens is 1. The molecule has 0 aliphatic rings. The SMILES string of the molecule is CC[C@H](C)NC(=O)c1ccccc1NC(=O)CN(c1ccc(F)cc1)S(=O)(=O)c1ccc(C)cc1. The molecule has 3 aromatic rings. The lowest BCUT2D eigenvalue weighted by atomic mass is 10.1. The van der Waals surface area contributed by atoms with Gasteiger partial charge in [0.05, 0.1) is 21.8 Å². The molecule has 184 valence electrons. The number of hydrogen-bond donors (Lipinski definition) is 2. The number of amides is 2. The topological polar surface area (TPSA) is 95.6 Å². The van der Waals surface area contributed by atoms with Crippen LogP contribution in [-0.2, 0) is 14.8 Å². The largest absolute Gasteiger partial charge is 0.350 e. The summed E-state index contributed by atoms with van der Waals surface area (Å²) in [5.41, 5.74) is 1.52. The van der Waals surface area contributed by atoms with Crippen LogP contribution in [0, 0.1) is 12.7 Å². The van der Waals surface area contributed by atoms with E-state index in [1.165, 1.54) is 24.3 Å². The molecule has 0 saturated heterocycles. The summed E-state index contributed by atoms with van der Waals surface area (Å²) < 4.78 is 41.3. The molecular weight excluding hydrogens is 469 g/mol. The first-order valence-electron chi connectivity index (χ1n) is 11.2. The number of carbonyl (C=O) groups is 2. The summed E-state index contributed by atoms with van der Waals surface area (Å²) >= 11 is 0. The molecule has 9 heteroatoms. The average Bonchev–Trinajstić information content (AvgIpc) is 2.83. The Morgan fingerprint density at radius 3 is 2.23 bits per heavy atom. The third kappa shape index (κ3) is 6.45. The maximum absolute atomic E-state index is 13.5. The Labute approximate surface area is 205 Å². The summed E-state index contributed by atoms with van der Waals surface area (Å²) in [4.78, 5) is 25.7. The number of nitrogens with one attached hydrogen (secondary N) is 2. The second-order valence-corrected chi connectivity index (χ2v) is 10.0. The standard InChI is InChI=1S/C26H28FN3O4S/c1-4-19(3)28-26(32)23-7-5-6-8-24(23)29-25(31)17-30(21-13-11-20(27)12-14-21)35(33,34)22-15-9-18(2)10-16-22/h5-16,19H,4,17H2,1-3H3,(H,28,32)(H,29,31)/t19-/m0/s1. The zero-order valence-electron chi connectivity index (χ0n) is 19.8. The second kappa shape index (κ2) is 11.1. The van der Waals surface area contributed by atoms with E-state index in [-0.39, 0.29) is 33.8 Å². The minimum Gasteiger partial charge on any atom is -0.350 e. The summed E-state index contributed by atoms with van der Waals surface area (Å²) in [5.74, 6) is -1.54. The Morgan fingerprint density at radius 1 is 0.971 bits per heavy atom. The second-order valence-electron chi connectivity index (χ2n) is 8.18. The van der Waals surface area contributed by atoms with Gasteiger partial charge in [-0.25, -0.2) is 12.8 Å². The van der Waals surface area contributed by atoms with Crippen LogP contribution in [0.2, 0.25) is 0 Å². The molecule has 0 heterocycles. The predicted octanol–water partition coefficient (Wildman–Crippen LogP) is 4.50. The number of nitrogens with zero attached hydrogens (tertiary/aromatic N) is 1. The highest BCUT2D eigenvalue weighted by Gasteiger charge is 2.28. The fraction of sp³-hybridized carbons (Fsp3) is 0.231. The van der Waals surface area contributed by atoms with E-state index in [9.17, 15) is 22.4 Å². The van der Waals surface area contributed by atoms with Gasteiger partial charge in [-0.05, 0) is 68.8 Å². The molecule has 3 aromatic carbocycles. The van der Waals surface area contributed by atoms with Crippen LogP contribution >= 0.6 is 0 Å². The van der Waals surface area contributed by atoms with Crippen LogP contribution in [0.15, 0.2) is 77.7 Å². The van der Waals surface area contributed by atoms with Gasteiger partial charge in [0.1, 0.15) is 12.4 Å². The van der Waals surface area contributed by atoms with Gasteiger partial charge in [0, 0.05) is 6.04 Å². The Kier molecular flexibility index (Phi) is 8.24. The third-order valence-corrected chi connectivity index (χ3v) is 7.23. The molecule has 2 amide bonds. The fourth-order valence-electron chi connectivity index (χ4n) is 3.27. The Bertz CT molecular complexity index is 1290. The molecule has 0 saturated carbocycles. The zero-order chi connectivity index (χ0) is 25.6. The summed E-state index contributed by atoms with van der Waals surface area (Å²) in [6.07, 6.45) is 0.740. The predicted molar refractivity (Wildman–Crippen MR) is 134 cm³/mol. The number of aryl methyl sites for hydroxylation is 1. The summed E-state index contributed by atoms with van der Waals surface area (Å²) in [7, 11) is -4.15. The molecule has 0 fully saturated rings. The molecule has 0 spiro atoms. The van der Waals surface area contributed by atoms with Crippen molar-refractivity contribution in [3.63, 3.8) is 0 Å². The minimum absolute atomic E-state index is 0.00597. The Balaban J connectivity index is 1.90. The molecule has 0 radical (unpaired) electrons. The molecule has 0 aromatic heterocycles. The van der Waals surface area contributed by atoms with Crippen molar-refractivity contribution in [2.24, 2.45) is 0 Å². The van der Waals surface area contributed by atoms with Crippen molar-refractivity contribution >= 4 is 33.2 Å². The molecule has 0 aliphatic carbocycles. The maximum atomic E-state index is 13.5. The van der Waals surface area contributed by atoms with Crippen LogP contribution in [0.1, 0.15) is 36.2 Å². The highest BCUT2D eigenvalue weighted by atomic mass is 32.2. The normalized spacial score (nSPS) is 12.0. The number of rotatable bonds is 9. The Hall–Kier alpha value is -3.72. The summed E-state index contributed by atoms with van der Waals surface area (Å²) in [6, 6.07) is 17.5. The van der Waals surface area contributed by atoms with Crippen molar-refractivity contribution in [2.75, 3.05) is 16.2 Å². The van der Waals surface area contributed by atoms with Crippen molar-refractivity contribution in [2.45, 2.75) is 38.1 Å². The van der Waals surface area contributed by atoms with Gasteiger partial charge in [-0.15, -0.1) is 0 Å². The van der Waals surface area contributed by atoms with Crippen LogP contribution in [0.25, 0.3) is 0 Å². The molecular formula is C26H28FN3O4S. The van der Waals surface area contributed by atoms with E-state index in [2.05, 4.69) is 10.6 Å². The van der Waals surface area contributed by atoms with E-state index < -0.39 is 28.3 Å². The minimum atomic E-state index is -4.15. The highest BCUT2D eigenvalue weighted by Crippen LogP contribution is 2.25.